The van der Waals surface area contributed by atoms with Crippen molar-refractivity contribution < 1.29 is 36.2 Å². The molecule has 0 spiro atoms. The van der Waals surface area contributed by atoms with Crippen LogP contribution in [0.4, 0.5) is 22.0 Å². The van der Waals surface area contributed by atoms with Gasteiger partial charge in [0.25, 0.3) is 0 Å². The van der Waals surface area contributed by atoms with Gasteiger partial charge in [0.1, 0.15) is 5.75 Å². The van der Waals surface area contributed by atoms with Gasteiger partial charge in [0.15, 0.2) is 29.9 Å². The number of rotatable bonds is 6. The minimum Gasteiger partial charge on any atom is -0.482 e. The average Bonchev–Trinajstić information content (AvgIpc) is 3.08. The Balaban J connectivity index is 1.98. The molecule has 0 bridgehead atoms. The van der Waals surface area contributed by atoms with Gasteiger partial charge in [-0.05, 0) is 39.8 Å². The van der Waals surface area contributed by atoms with Crippen LogP contribution in [0.2, 0.25) is 0 Å². The number of para-hydroxylation sites is 1. The summed E-state index contributed by atoms with van der Waals surface area (Å²) in [5.41, 5.74) is -0.596. The predicted octanol–water partition coefficient (Wildman–Crippen LogP) is 5.78. The fourth-order valence-electron chi connectivity index (χ4n) is 2.73. The zero-order valence-corrected chi connectivity index (χ0v) is 18.8. The van der Waals surface area contributed by atoms with E-state index in [1.807, 2.05) is 0 Å². The molecule has 2 aromatic carbocycles. The van der Waals surface area contributed by atoms with Crippen LogP contribution in [0, 0.1) is 36.0 Å². The summed E-state index contributed by atoms with van der Waals surface area (Å²) < 4.78 is 81.3. The summed E-state index contributed by atoms with van der Waals surface area (Å²) in [6.07, 6.45) is 0. The summed E-state index contributed by atoms with van der Waals surface area (Å²) in [6.45, 7) is 6.14. The lowest BCUT2D eigenvalue weighted by atomic mass is 10.1. The standard InChI is InChI=1S/C22H19F5N2O3S/c1-11-19(33-20-17(26)15(24)14(23)16(25)18(20)27)21(29(28-11)22(2,3)4)32-13(30)10-31-12-8-6-5-7-9-12/h5-9H,10H2,1-4H3. The van der Waals surface area contributed by atoms with E-state index in [1.165, 1.54) is 11.6 Å². The summed E-state index contributed by atoms with van der Waals surface area (Å²) in [4.78, 5) is 11.2. The zero-order chi connectivity index (χ0) is 24.5. The second-order valence-electron chi connectivity index (χ2n) is 7.88. The lowest BCUT2D eigenvalue weighted by molar-refractivity contribution is -0.137. The van der Waals surface area contributed by atoms with Crippen molar-refractivity contribution in [3.63, 3.8) is 0 Å². The predicted molar refractivity (Wildman–Crippen MR) is 110 cm³/mol. The first-order chi connectivity index (χ1) is 15.4. The number of ether oxygens (including phenoxy) is 2. The van der Waals surface area contributed by atoms with Crippen LogP contribution >= 0.6 is 11.8 Å². The molecule has 0 radical (unpaired) electrons. The van der Waals surface area contributed by atoms with Gasteiger partial charge in [-0.3, -0.25) is 0 Å². The highest BCUT2D eigenvalue weighted by atomic mass is 32.2. The van der Waals surface area contributed by atoms with Gasteiger partial charge in [-0.2, -0.15) is 5.10 Å². The van der Waals surface area contributed by atoms with Crippen molar-refractivity contribution in [1.29, 1.82) is 0 Å². The molecule has 3 rings (SSSR count). The number of carbonyl (C=O) groups excluding carboxylic acids is 1. The second-order valence-corrected chi connectivity index (χ2v) is 8.90. The Hall–Kier alpha value is -3.08. The van der Waals surface area contributed by atoms with Crippen LogP contribution in [-0.2, 0) is 10.3 Å². The third-order valence-electron chi connectivity index (χ3n) is 4.28. The Morgan fingerprint density at radius 1 is 0.939 bits per heavy atom. The van der Waals surface area contributed by atoms with E-state index in [0.29, 0.717) is 5.75 Å². The van der Waals surface area contributed by atoms with Gasteiger partial charge in [0.2, 0.25) is 11.7 Å². The average molecular weight is 486 g/mol. The lowest BCUT2D eigenvalue weighted by Gasteiger charge is -2.22. The highest BCUT2D eigenvalue weighted by molar-refractivity contribution is 7.99. The molecule has 0 saturated carbocycles. The first kappa shape index (κ1) is 24.6. The molecule has 3 aromatic rings. The number of nitrogens with zero attached hydrogens (tertiary/aromatic N) is 2. The monoisotopic (exact) mass is 486 g/mol. The summed E-state index contributed by atoms with van der Waals surface area (Å²) in [5.74, 6) is -11.1. The third-order valence-corrected chi connectivity index (χ3v) is 5.52. The van der Waals surface area contributed by atoms with Crippen molar-refractivity contribution >= 4 is 17.7 Å². The molecular weight excluding hydrogens is 467 g/mol. The highest BCUT2D eigenvalue weighted by Gasteiger charge is 2.32. The van der Waals surface area contributed by atoms with E-state index in [9.17, 15) is 26.7 Å². The molecule has 0 saturated heterocycles. The van der Waals surface area contributed by atoms with Gasteiger partial charge < -0.3 is 9.47 Å². The maximum Gasteiger partial charge on any atom is 0.350 e. The minimum atomic E-state index is -2.26. The van der Waals surface area contributed by atoms with Gasteiger partial charge in [-0.1, -0.05) is 30.0 Å². The topological polar surface area (TPSA) is 53.4 Å². The Morgan fingerprint density at radius 3 is 2.03 bits per heavy atom. The molecule has 1 aromatic heterocycles. The molecule has 0 aliphatic heterocycles. The molecule has 0 aliphatic carbocycles. The summed E-state index contributed by atoms with van der Waals surface area (Å²) in [5, 5.41) is 4.24. The molecule has 5 nitrogen and oxygen atoms in total. The maximum absolute atomic E-state index is 14.3. The van der Waals surface area contributed by atoms with Gasteiger partial charge >= 0.3 is 5.97 Å². The molecule has 0 atom stereocenters. The maximum atomic E-state index is 14.3. The Morgan fingerprint density at radius 2 is 1.48 bits per heavy atom. The van der Waals surface area contributed by atoms with Crippen LogP contribution in [0.15, 0.2) is 40.1 Å². The van der Waals surface area contributed by atoms with Crippen molar-refractivity contribution in [2.45, 2.75) is 43.0 Å². The highest BCUT2D eigenvalue weighted by Crippen LogP contribution is 2.43. The zero-order valence-electron chi connectivity index (χ0n) is 18.0. The lowest BCUT2D eigenvalue weighted by Crippen LogP contribution is -2.27. The number of benzene rings is 2. The molecule has 0 N–H and O–H groups in total. The van der Waals surface area contributed by atoms with Crippen LogP contribution in [0.1, 0.15) is 26.5 Å². The number of aryl methyl sites for hydroxylation is 1. The van der Waals surface area contributed by atoms with Crippen LogP contribution in [0.25, 0.3) is 0 Å². The van der Waals surface area contributed by atoms with Gasteiger partial charge in [-0.15, -0.1) is 0 Å². The first-order valence-corrected chi connectivity index (χ1v) is 10.4. The third kappa shape index (κ3) is 5.13. The fourth-order valence-corrected chi connectivity index (χ4v) is 3.69. The number of hydrogen-bond acceptors (Lipinski definition) is 5. The first-order valence-electron chi connectivity index (χ1n) is 9.59. The van der Waals surface area contributed by atoms with E-state index in [4.69, 9.17) is 9.47 Å². The van der Waals surface area contributed by atoms with Gasteiger partial charge in [-0.25, -0.2) is 31.4 Å². The second kappa shape index (κ2) is 9.42. The van der Waals surface area contributed by atoms with Gasteiger partial charge in [0, 0.05) is 0 Å². The van der Waals surface area contributed by atoms with Crippen molar-refractivity contribution in [3.8, 4) is 11.6 Å². The molecule has 0 aliphatic rings. The molecule has 0 unspecified atom stereocenters. The molecular formula is C22H19F5N2O3S. The molecule has 1 heterocycles. The quantitative estimate of drug-likeness (QED) is 0.191. The van der Waals surface area contributed by atoms with E-state index < -0.39 is 52.1 Å². The van der Waals surface area contributed by atoms with Crippen molar-refractivity contribution in [3.05, 3.63) is 65.1 Å². The van der Waals surface area contributed by atoms with Crippen molar-refractivity contribution in [2.24, 2.45) is 0 Å². The molecule has 176 valence electrons. The number of carbonyl (C=O) groups is 1. The van der Waals surface area contributed by atoms with Crippen molar-refractivity contribution in [1.82, 2.24) is 9.78 Å². The fraction of sp³-hybridized carbons (Fsp3) is 0.273. The largest absolute Gasteiger partial charge is 0.482 e. The summed E-state index contributed by atoms with van der Waals surface area (Å²) in [7, 11) is 0. The minimum absolute atomic E-state index is 0.0822. The van der Waals surface area contributed by atoms with E-state index in [0.717, 1.165) is 0 Å². The molecule has 0 fully saturated rings. The van der Waals surface area contributed by atoms with Crippen LogP contribution < -0.4 is 9.47 Å². The van der Waals surface area contributed by atoms with E-state index in [1.54, 1.807) is 51.1 Å². The van der Waals surface area contributed by atoms with Gasteiger partial charge in [0.05, 0.1) is 21.0 Å². The smallest absolute Gasteiger partial charge is 0.350 e. The normalized spacial score (nSPS) is 11.5. The number of hydrogen-bond donors (Lipinski definition) is 0. The Bertz CT molecular complexity index is 1160. The van der Waals surface area contributed by atoms with E-state index in [2.05, 4.69) is 5.10 Å². The van der Waals surface area contributed by atoms with Crippen LogP contribution in [-0.4, -0.2) is 22.4 Å². The Labute approximate surface area is 190 Å². The number of aromatic nitrogens is 2. The summed E-state index contributed by atoms with van der Waals surface area (Å²) in [6, 6.07) is 8.43. The van der Waals surface area contributed by atoms with Crippen LogP contribution in [0.3, 0.4) is 0 Å². The van der Waals surface area contributed by atoms with E-state index in [-0.39, 0.29) is 28.2 Å². The van der Waals surface area contributed by atoms with Crippen molar-refractivity contribution in [2.75, 3.05) is 6.61 Å². The number of esters is 1. The molecule has 11 heteroatoms. The Kier molecular flexibility index (Phi) is 7.01. The summed E-state index contributed by atoms with van der Waals surface area (Å²) >= 11 is 0.226. The van der Waals surface area contributed by atoms with Crippen LogP contribution in [0.5, 0.6) is 11.6 Å². The molecule has 0 amide bonds. The molecule has 33 heavy (non-hydrogen) atoms. The SMILES string of the molecule is Cc1nn(C(C)(C)C)c(OC(=O)COc2ccccc2)c1Sc1c(F)c(F)c(F)c(F)c1F. The number of halogens is 5. The van der Waals surface area contributed by atoms with E-state index >= 15 is 0 Å².